The van der Waals surface area contributed by atoms with Crippen LogP contribution in [-0.4, -0.2) is 36.2 Å². The molecule has 1 aliphatic rings. The third-order valence-corrected chi connectivity index (χ3v) is 4.23. The van der Waals surface area contributed by atoms with Crippen LogP contribution in [0.2, 0.25) is 0 Å². The first-order valence-electron chi connectivity index (χ1n) is 7.84. The van der Waals surface area contributed by atoms with E-state index in [4.69, 9.17) is 0 Å². The van der Waals surface area contributed by atoms with E-state index < -0.39 is 0 Å². The van der Waals surface area contributed by atoms with Crippen LogP contribution >= 0.6 is 0 Å². The molecule has 0 aliphatic carbocycles. The number of hydrogen-bond donors (Lipinski definition) is 1. The molecule has 2 aromatic carbocycles. The molecule has 1 heterocycles. The molecular weight excluding hydrogens is 274 g/mol. The third-order valence-electron chi connectivity index (χ3n) is 4.23. The Morgan fingerprint density at radius 3 is 2.64 bits per heavy atom. The minimum atomic E-state index is -0.137. The third kappa shape index (κ3) is 3.17. The molecule has 4 heteroatoms. The van der Waals surface area contributed by atoms with E-state index in [2.05, 4.69) is 22.4 Å². The SMILES string of the molecule is CCN1CCC(=NNC(=O)c2cccc3ccccc23)CC1. The number of likely N-dealkylation sites (tertiary alicyclic amines) is 1. The van der Waals surface area contributed by atoms with E-state index in [1.807, 2.05) is 42.5 Å². The topological polar surface area (TPSA) is 44.7 Å². The molecule has 0 bridgehead atoms. The van der Waals surface area contributed by atoms with Gasteiger partial charge in [0.25, 0.3) is 5.91 Å². The van der Waals surface area contributed by atoms with Gasteiger partial charge in [-0.2, -0.15) is 5.10 Å². The summed E-state index contributed by atoms with van der Waals surface area (Å²) >= 11 is 0. The van der Waals surface area contributed by atoms with Crippen molar-refractivity contribution < 1.29 is 4.79 Å². The monoisotopic (exact) mass is 295 g/mol. The van der Waals surface area contributed by atoms with Gasteiger partial charge in [0.15, 0.2) is 0 Å². The van der Waals surface area contributed by atoms with E-state index in [-0.39, 0.29) is 5.91 Å². The van der Waals surface area contributed by atoms with Gasteiger partial charge >= 0.3 is 0 Å². The molecule has 1 amide bonds. The van der Waals surface area contributed by atoms with Crippen LogP contribution in [0.15, 0.2) is 47.6 Å². The van der Waals surface area contributed by atoms with Gasteiger partial charge in [0.05, 0.1) is 0 Å². The highest BCUT2D eigenvalue weighted by atomic mass is 16.2. The molecule has 0 unspecified atom stereocenters. The molecule has 0 aromatic heterocycles. The second kappa shape index (κ2) is 6.71. The first kappa shape index (κ1) is 14.7. The maximum absolute atomic E-state index is 12.4. The number of piperidine rings is 1. The Bertz CT molecular complexity index is 693. The minimum absolute atomic E-state index is 0.137. The van der Waals surface area contributed by atoms with Crippen molar-refractivity contribution in [3.05, 3.63) is 48.0 Å². The highest BCUT2D eigenvalue weighted by molar-refractivity contribution is 6.07. The summed E-state index contributed by atoms with van der Waals surface area (Å²) in [5.41, 5.74) is 4.48. The number of carbonyl (C=O) groups is 1. The Labute approximate surface area is 130 Å². The van der Waals surface area contributed by atoms with Crippen LogP contribution in [0.3, 0.4) is 0 Å². The van der Waals surface area contributed by atoms with Crippen LogP contribution in [0.5, 0.6) is 0 Å². The first-order chi connectivity index (χ1) is 10.8. The van der Waals surface area contributed by atoms with E-state index in [9.17, 15) is 4.79 Å². The van der Waals surface area contributed by atoms with Crippen LogP contribution in [0.25, 0.3) is 10.8 Å². The van der Waals surface area contributed by atoms with Crippen molar-refractivity contribution in [2.75, 3.05) is 19.6 Å². The summed E-state index contributed by atoms with van der Waals surface area (Å²) in [6, 6.07) is 13.7. The lowest BCUT2D eigenvalue weighted by molar-refractivity contribution is 0.0956. The van der Waals surface area contributed by atoms with Gasteiger partial charge in [-0.05, 0) is 23.4 Å². The van der Waals surface area contributed by atoms with Gasteiger partial charge in [-0.15, -0.1) is 0 Å². The average Bonchev–Trinajstić information content (AvgIpc) is 2.59. The maximum Gasteiger partial charge on any atom is 0.271 e. The van der Waals surface area contributed by atoms with Crippen molar-refractivity contribution in [2.24, 2.45) is 5.10 Å². The number of carbonyl (C=O) groups excluding carboxylic acids is 1. The Hall–Kier alpha value is -2.20. The van der Waals surface area contributed by atoms with Crippen LogP contribution in [0, 0.1) is 0 Å². The normalized spacial score (nSPS) is 15.8. The van der Waals surface area contributed by atoms with Crippen molar-refractivity contribution in [3.8, 4) is 0 Å². The lowest BCUT2D eigenvalue weighted by Gasteiger charge is -2.25. The smallest absolute Gasteiger partial charge is 0.271 e. The van der Waals surface area contributed by atoms with Gasteiger partial charge in [0.1, 0.15) is 0 Å². The van der Waals surface area contributed by atoms with Crippen molar-refractivity contribution in [1.29, 1.82) is 0 Å². The predicted octanol–water partition coefficient (Wildman–Crippen LogP) is 3.04. The lowest BCUT2D eigenvalue weighted by Crippen LogP contribution is -2.34. The number of fused-ring (bicyclic) bond motifs is 1. The summed E-state index contributed by atoms with van der Waals surface area (Å²) in [7, 11) is 0. The molecule has 1 saturated heterocycles. The van der Waals surface area contributed by atoms with Gasteiger partial charge in [-0.3, -0.25) is 4.79 Å². The second-order valence-corrected chi connectivity index (χ2v) is 5.58. The molecule has 2 aromatic rings. The molecule has 1 aliphatic heterocycles. The number of amides is 1. The van der Waals surface area contributed by atoms with Crippen LogP contribution in [-0.2, 0) is 0 Å². The van der Waals surface area contributed by atoms with Gasteiger partial charge < -0.3 is 4.90 Å². The highest BCUT2D eigenvalue weighted by Gasteiger charge is 2.14. The van der Waals surface area contributed by atoms with Crippen LogP contribution in [0.4, 0.5) is 0 Å². The Kier molecular flexibility index (Phi) is 4.49. The quantitative estimate of drug-likeness (QED) is 0.885. The molecule has 0 spiro atoms. The van der Waals surface area contributed by atoms with Crippen molar-refractivity contribution in [2.45, 2.75) is 19.8 Å². The van der Waals surface area contributed by atoms with E-state index >= 15 is 0 Å². The molecular formula is C18H21N3O. The Morgan fingerprint density at radius 1 is 1.14 bits per heavy atom. The minimum Gasteiger partial charge on any atom is -0.303 e. The fourth-order valence-corrected chi connectivity index (χ4v) is 2.85. The fraction of sp³-hybridized carbons (Fsp3) is 0.333. The van der Waals surface area contributed by atoms with E-state index in [0.29, 0.717) is 5.56 Å². The Morgan fingerprint density at radius 2 is 1.86 bits per heavy atom. The van der Waals surface area contributed by atoms with Gasteiger partial charge in [0.2, 0.25) is 0 Å². The summed E-state index contributed by atoms with van der Waals surface area (Å²) < 4.78 is 0. The van der Waals surface area contributed by atoms with Gasteiger partial charge in [0, 0.05) is 37.2 Å². The zero-order valence-electron chi connectivity index (χ0n) is 12.9. The molecule has 0 radical (unpaired) electrons. The first-order valence-corrected chi connectivity index (χ1v) is 7.84. The molecule has 1 N–H and O–H groups in total. The van der Waals surface area contributed by atoms with Crippen molar-refractivity contribution in [1.82, 2.24) is 10.3 Å². The zero-order valence-corrected chi connectivity index (χ0v) is 12.9. The molecule has 22 heavy (non-hydrogen) atoms. The van der Waals surface area contributed by atoms with E-state index in [0.717, 1.165) is 49.0 Å². The molecule has 3 rings (SSSR count). The molecule has 4 nitrogen and oxygen atoms in total. The summed E-state index contributed by atoms with van der Waals surface area (Å²) in [4.78, 5) is 14.8. The van der Waals surface area contributed by atoms with Crippen LogP contribution in [0.1, 0.15) is 30.1 Å². The number of hydrogen-bond acceptors (Lipinski definition) is 3. The Balaban J connectivity index is 1.72. The summed E-state index contributed by atoms with van der Waals surface area (Å²) in [6.07, 6.45) is 1.87. The predicted molar refractivity (Wildman–Crippen MR) is 90.2 cm³/mol. The number of hydrazone groups is 1. The fourth-order valence-electron chi connectivity index (χ4n) is 2.85. The number of benzene rings is 2. The number of rotatable bonds is 3. The summed E-state index contributed by atoms with van der Waals surface area (Å²) in [5, 5.41) is 6.36. The lowest BCUT2D eigenvalue weighted by atomic mass is 10.0. The average molecular weight is 295 g/mol. The molecule has 0 saturated carbocycles. The van der Waals surface area contributed by atoms with Gasteiger partial charge in [-0.1, -0.05) is 43.3 Å². The van der Waals surface area contributed by atoms with Crippen molar-refractivity contribution >= 4 is 22.4 Å². The zero-order chi connectivity index (χ0) is 15.4. The summed E-state index contributed by atoms with van der Waals surface area (Å²) in [6.45, 7) is 5.30. The van der Waals surface area contributed by atoms with E-state index in [1.54, 1.807) is 0 Å². The summed E-state index contributed by atoms with van der Waals surface area (Å²) in [5.74, 6) is -0.137. The molecule has 0 atom stereocenters. The number of nitrogens with one attached hydrogen (secondary N) is 1. The molecule has 114 valence electrons. The standard InChI is InChI=1S/C18H21N3O/c1-2-21-12-10-15(11-13-21)19-20-18(22)17-9-5-7-14-6-3-4-8-16(14)17/h3-9H,2,10-13H2,1H3,(H,20,22). The maximum atomic E-state index is 12.4. The number of nitrogens with zero attached hydrogens (tertiary/aromatic N) is 2. The van der Waals surface area contributed by atoms with Gasteiger partial charge in [-0.25, -0.2) is 5.43 Å². The highest BCUT2D eigenvalue weighted by Crippen LogP contribution is 2.18. The van der Waals surface area contributed by atoms with E-state index in [1.165, 1.54) is 0 Å². The second-order valence-electron chi connectivity index (χ2n) is 5.58. The largest absolute Gasteiger partial charge is 0.303 e. The van der Waals surface area contributed by atoms with Crippen LogP contribution < -0.4 is 5.43 Å². The molecule has 1 fully saturated rings. The van der Waals surface area contributed by atoms with Crippen molar-refractivity contribution in [3.63, 3.8) is 0 Å².